The summed E-state index contributed by atoms with van der Waals surface area (Å²) in [6.45, 7) is 0.959. The molecule has 2 fully saturated rings. The minimum Gasteiger partial charge on any atom is -0.493 e. The van der Waals surface area contributed by atoms with Crippen molar-refractivity contribution < 1.29 is 16.0 Å². The fourth-order valence-electron chi connectivity index (χ4n) is 4.01. The molecule has 1 saturated heterocycles. The molecule has 21 heavy (non-hydrogen) atoms. The molecule has 1 aromatic rings. The zero-order valence-corrected chi connectivity index (χ0v) is 13.0. The van der Waals surface area contributed by atoms with E-state index in [1.54, 1.807) is 14.2 Å². The summed E-state index contributed by atoms with van der Waals surface area (Å²) in [5.41, 5.74) is 1.13. The van der Waals surface area contributed by atoms with Crippen LogP contribution >= 0.6 is 0 Å². The van der Waals surface area contributed by atoms with Gasteiger partial charge in [-0.15, -0.1) is 0 Å². The van der Waals surface area contributed by atoms with E-state index in [4.69, 9.17) is 10.8 Å². The summed E-state index contributed by atoms with van der Waals surface area (Å²) in [4.78, 5) is 2.23. The fraction of sp³-hybridized carbons (Fsp3) is 0.647. The summed E-state index contributed by atoms with van der Waals surface area (Å²) < 4.78 is 19.2. The van der Waals surface area contributed by atoms with Crippen molar-refractivity contribution in [1.29, 1.82) is 0 Å². The van der Waals surface area contributed by atoms with Crippen molar-refractivity contribution in [2.45, 2.75) is 43.2 Å². The highest BCUT2D eigenvalue weighted by molar-refractivity contribution is 5.46. The number of likely N-dealkylation sites (N-methyl/N-ethyl adjacent to an activating group) is 1. The molecule has 1 aromatic carbocycles. The van der Waals surface area contributed by atoms with Crippen LogP contribution in [0.2, 0.25) is 0 Å². The number of benzene rings is 1. The van der Waals surface area contributed by atoms with E-state index in [1.807, 2.05) is 6.07 Å². The summed E-state index contributed by atoms with van der Waals surface area (Å²) in [5.74, 6) is 1.46. The Hall–Kier alpha value is -1.26. The second kappa shape index (κ2) is 5.50. The molecule has 1 N–H and O–H groups in total. The molecule has 2 aliphatic rings. The first-order chi connectivity index (χ1) is 10.5. The van der Waals surface area contributed by atoms with Crippen LogP contribution in [-0.2, 0) is 5.41 Å². The van der Waals surface area contributed by atoms with E-state index in [-0.39, 0.29) is 11.5 Å². The third-order valence-corrected chi connectivity index (χ3v) is 5.20. The number of rotatable bonds is 3. The lowest BCUT2D eigenvalue weighted by Crippen LogP contribution is -2.47. The van der Waals surface area contributed by atoms with Gasteiger partial charge in [0.15, 0.2) is 11.5 Å². The first kappa shape index (κ1) is 13.4. The average molecular weight is 292 g/mol. The Morgan fingerprint density at radius 1 is 1.29 bits per heavy atom. The number of aliphatic hydroxyl groups excluding tert-OH is 1. The first-order valence-corrected chi connectivity index (χ1v) is 7.56. The number of methoxy groups -OCH3 is 2. The molecule has 0 spiro atoms. The number of hydrogen-bond acceptors (Lipinski definition) is 4. The molecule has 0 radical (unpaired) electrons. The molecule has 116 valence electrons. The van der Waals surface area contributed by atoms with Gasteiger partial charge in [0.25, 0.3) is 0 Å². The molecule has 3 rings (SSSR count). The maximum atomic E-state index is 10.1. The van der Waals surface area contributed by atoms with Gasteiger partial charge in [0.2, 0.25) is 0 Å². The van der Waals surface area contributed by atoms with E-state index in [1.165, 1.54) is 5.56 Å². The van der Waals surface area contributed by atoms with Gasteiger partial charge in [-0.2, -0.15) is 0 Å². The number of fused-ring (bicyclic) bond motifs is 1. The van der Waals surface area contributed by atoms with Crippen LogP contribution in [0.3, 0.4) is 0 Å². The Balaban J connectivity index is 2.05. The van der Waals surface area contributed by atoms with Crippen molar-refractivity contribution in [3.05, 3.63) is 23.8 Å². The highest BCUT2D eigenvalue weighted by Gasteiger charge is 2.50. The summed E-state index contributed by atoms with van der Waals surface area (Å²) in [5, 5.41) is 10.1. The highest BCUT2D eigenvalue weighted by atomic mass is 16.5. The van der Waals surface area contributed by atoms with Gasteiger partial charge in [-0.05, 0) is 56.9 Å². The van der Waals surface area contributed by atoms with E-state index in [2.05, 4.69) is 24.1 Å². The Morgan fingerprint density at radius 3 is 2.76 bits per heavy atom. The number of hydrogen-bond donors (Lipinski definition) is 1. The van der Waals surface area contributed by atoms with E-state index in [0.717, 1.165) is 30.9 Å². The largest absolute Gasteiger partial charge is 0.493 e. The zero-order chi connectivity index (χ0) is 15.9. The minimum atomic E-state index is -0.529. The second-order valence-corrected chi connectivity index (χ2v) is 6.20. The van der Waals surface area contributed by atoms with Gasteiger partial charge < -0.3 is 19.5 Å². The van der Waals surface area contributed by atoms with Gasteiger partial charge in [0.05, 0.1) is 20.3 Å². The Kier molecular flexibility index (Phi) is 3.51. The summed E-state index contributed by atoms with van der Waals surface area (Å²) in [6.07, 6.45) is 1.63. The van der Waals surface area contributed by atoms with Crippen molar-refractivity contribution in [2.24, 2.45) is 0 Å². The number of aliphatic hydroxyl groups is 1. The number of likely N-dealkylation sites (tertiary alicyclic amines) is 1. The molecule has 1 aliphatic carbocycles. The minimum absolute atomic E-state index is 0.0503. The second-order valence-electron chi connectivity index (χ2n) is 6.20. The Bertz CT molecular complexity index is 553. The third kappa shape index (κ3) is 2.30. The molecular formula is C17H25NO3. The lowest BCUT2D eigenvalue weighted by atomic mass is 9.65. The SMILES string of the molecule is [2H]C1[C@@H]2N(C)CC[C@]2(c2ccc(OC)c(OC)c2)CC[C@@H]1O. The summed E-state index contributed by atoms with van der Waals surface area (Å²) >= 11 is 0. The van der Waals surface area contributed by atoms with Crippen LogP contribution in [0.5, 0.6) is 11.5 Å². The summed E-state index contributed by atoms with van der Waals surface area (Å²) in [6, 6.07) is 6.14. The molecule has 0 bridgehead atoms. The van der Waals surface area contributed by atoms with Crippen molar-refractivity contribution in [2.75, 3.05) is 27.8 Å². The van der Waals surface area contributed by atoms with E-state index >= 15 is 0 Å². The first-order valence-electron chi connectivity index (χ1n) is 8.14. The Labute approximate surface area is 128 Å². The van der Waals surface area contributed by atoms with Crippen LogP contribution in [0, 0.1) is 0 Å². The quantitative estimate of drug-likeness (QED) is 0.927. The zero-order valence-electron chi connectivity index (χ0n) is 14.0. The molecule has 0 amide bonds. The average Bonchev–Trinajstić information content (AvgIpc) is 2.89. The maximum absolute atomic E-state index is 10.1. The molecule has 4 atom stereocenters. The highest BCUT2D eigenvalue weighted by Crippen LogP contribution is 2.49. The molecule has 0 aromatic heterocycles. The smallest absolute Gasteiger partial charge is 0.161 e. The molecule has 4 nitrogen and oxygen atoms in total. The Morgan fingerprint density at radius 2 is 2.05 bits per heavy atom. The van der Waals surface area contributed by atoms with Crippen molar-refractivity contribution in [3.8, 4) is 11.5 Å². The van der Waals surface area contributed by atoms with Crippen LogP contribution < -0.4 is 9.47 Å². The standard InChI is InChI=1S/C17H25NO3/c1-18-9-8-17(7-6-13(19)11-16(17)18)12-4-5-14(20-2)15(10-12)21-3/h4-5,10,13,16,19H,6-9,11H2,1-3H3/t13-,16-,17-/m0/s1/i11D/t11?,13-,16-,17-. The van der Waals surface area contributed by atoms with E-state index in [0.29, 0.717) is 6.42 Å². The molecule has 1 saturated carbocycles. The normalized spacial score (nSPS) is 37.0. The van der Waals surface area contributed by atoms with Gasteiger partial charge in [0.1, 0.15) is 0 Å². The van der Waals surface area contributed by atoms with Crippen molar-refractivity contribution in [3.63, 3.8) is 0 Å². The maximum Gasteiger partial charge on any atom is 0.161 e. The third-order valence-electron chi connectivity index (χ3n) is 5.20. The predicted molar refractivity (Wildman–Crippen MR) is 82.1 cm³/mol. The van der Waals surface area contributed by atoms with Crippen LogP contribution in [-0.4, -0.2) is 50.0 Å². The van der Waals surface area contributed by atoms with Crippen LogP contribution in [0.25, 0.3) is 0 Å². The number of nitrogens with zero attached hydrogens (tertiary/aromatic N) is 1. The van der Waals surface area contributed by atoms with Crippen LogP contribution in [0.4, 0.5) is 0 Å². The molecule has 4 heteroatoms. The lowest BCUT2D eigenvalue weighted by molar-refractivity contribution is 0.0566. The van der Waals surface area contributed by atoms with E-state index in [9.17, 15) is 5.11 Å². The van der Waals surface area contributed by atoms with Gasteiger partial charge in [-0.1, -0.05) is 6.07 Å². The monoisotopic (exact) mass is 292 g/mol. The molecule has 1 heterocycles. The topological polar surface area (TPSA) is 41.9 Å². The van der Waals surface area contributed by atoms with Gasteiger partial charge in [0, 0.05) is 12.8 Å². The van der Waals surface area contributed by atoms with Crippen molar-refractivity contribution in [1.82, 2.24) is 4.90 Å². The van der Waals surface area contributed by atoms with Crippen LogP contribution in [0.1, 0.15) is 32.6 Å². The fourth-order valence-corrected chi connectivity index (χ4v) is 4.01. The van der Waals surface area contributed by atoms with Crippen molar-refractivity contribution >= 4 is 0 Å². The molecule has 1 aliphatic heterocycles. The van der Waals surface area contributed by atoms with Gasteiger partial charge in [-0.25, -0.2) is 0 Å². The predicted octanol–water partition coefficient (Wildman–Crippen LogP) is 2.19. The number of ether oxygens (including phenoxy) is 2. The summed E-state index contributed by atoms with van der Waals surface area (Å²) in [7, 11) is 5.35. The molecular weight excluding hydrogens is 266 g/mol. The molecule has 1 unspecified atom stereocenters. The van der Waals surface area contributed by atoms with Crippen LogP contribution in [0.15, 0.2) is 18.2 Å². The van der Waals surface area contributed by atoms with Gasteiger partial charge >= 0.3 is 0 Å². The van der Waals surface area contributed by atoms with E-state index < -0.39 is 12.5 Å². The lowest BCUT2D eigenvalue weighted by Gasteiger charge is -2.43. The van der Waals surface area contributed by atoms with Gasteiger partial charge in [-0.3, -0.25) is 0 Å².